The fraction of sp³-hybridized carbons (Fsp3) is 0.333. The second-order valence-corrected chi connectivity index (χ2v) is 4.56. The summed E-state index contributed by atoms with van der Waals surface area (Å²) < 4.78 is 4.63. The van der Waals surface area contributed by atoms with Crippen LogP contribution in [0.3, 0.4) is 0 Å². The third-order valence-electron chi connectivity index (χ3n) is 3.01. The maximum absolute atomic E-state index is 11.1. The topological polar surface area (TPSA) is 42.4 Å². The van der Waals surface area contributed by atoms with E-state index in [-0.39, 0.29) is 5.97 Å². The quantitative estimate of drug-likeness (QED) is 0.771. The van der Waals surface area contributed by atoms with E-state index in [1.54, 1.807) is 0 Å². The van der Waals surface area contributed by atoms with E-state index in [0.717, 1.165) is 23.1 Å². The molecule has 1 aromatic carbocycles. The number of aromatic nitrogens is 1. The number of para-hydroxylation sites is 1. The van der Waals surface area contributed by atoms with Crippen LogP contribution in [0, 0.1) is 0 Å². The lowest BCUT2D eigenvalue weighted by atomic mass is 10.2. The molecule has 0 fully saturated rings. The van der Waals surface area contributed by atoms with Crippen LogP contribution in [0.5, 0.6) is 0 Å². The molecule has 0 spiro atoms. The number of pyridine rings is 1. The molecule has 0 N–H and O–H groups in total. The molecule has 0 radical (unpaired) electrons. The minimum Gasteiger partial charge on any atom is -0.469 e. The van der Waals surface area contributed by atoms with Gasteiger partial charge in [0, 0.05) is 18.5 Å². The maximum atomic E-state index is 11.1. The zero-order valence-electron chi connectivity index (χ0n) is 11.3. The van der Waals surface area contributed by atoms with Gasteiger partial charge in [-0.2, -0.15) is 0 Å². The number of esters is 1. The largest absolute Gasteiger partial charge is 0.469 e. The third-order valence-corrected chi connectivity index (χ3v) is 3.01. The number of rotatable bonds is 5. The van der Waals surface area contributed by atoms with Crippen LogP contribution >= 0.6 is 0 Å². The summed E-state index contributed by atoms with van der Waals surface area (Å²) in [5.74, 6) is -0.182. The van der Waals surface area contributed by atoms with Crippen molar-refractivity contribution in [3.05, 3.63) is 42.1 Å². The Morgan fingerprint density at radius 2 is 2.05 bits per heavy atom. The molecule has 2 aromatic rings. The van der Waals surface area contributed by atoms with Crippen LogP contribution in [0.4, 0.5) is 0 Å². The van der Waals surface area contributed by atoms with Gasteiger partial charge in [0.25, 0.3) is 0 Å². The standard InChI is InChI=1S/C15H18N2O2/c1-17(10-9-15(18)19-2)11-13-8-7-12-5-3-4-6-14(12)16-13/h3-8H,9-11H2,1-2H3. The van der Waals surface area contributed by atoms with Gasteiger partial charge in [-0.3, -0.25) is 14.7 Å². The molecule has 4 nitrogen and oxygen atoms in total. The number of hydrogen-bond donors (Lipinski definition) is 0. The highest BCUT2D eigenvalue weighted by Crippen LogP contribution is 2.12. The molecule has 0 bridgehead atoms. The van der Waals surface area contributed by atoms with Crippen molar-refractivity contribution < 1.29 is 9.53 Å². The van der Waals surface area contributed by atoms with Crippen molar-refractivity contribution in [2.75, 3.05) is 20.7 Å². The van der Waals surface area contributed by atoms with Gasteiger partial charge in [-0.05, 0) is 19.2 Å². The van der Waals surface area contributed by atoms with Gasteiger partial charge in [-0.15, -0.1) is 0 Å². The molecule has 0 atom stereocenters. The van der Waals surface area contributed by atoms with Gasteiger partial charge in [0.1, 0.15) is 0 Å². The summed E-state index contributed by atoms with van der Waals surface area (Å²) in [6.07, 6.45) is 0.403. The van der Waals surface area contributed by atoms with E-state index in [0.29, 0.717) is 13.0 Å². The number of fused-ring (bicyclic) bond motifs is 1. The van der Waals surface area contributed by atoms with E-state index in [9.17, 15) is 4.79 Å². The number of nitrogens with zero attached hydrogens (tertiary/aromatic N) is 2. The van der Waals surface area contributed by atoms with Crippen LogP contribution in [0.25, 0.3) is 10.9 Å². The Morgan fingerprint density at radius 3 is 2.84 bits per heavy atom. The van der Waals surface area contributed by atoms with Gasteiger partial charge >= 0.3 is 5.97 Å². The highest BCUT2D eigenvalue weighted by Gasteiger charge is 2.06. The summed E-state index contributed by atoms with van der Waals surface area (Å²) in [6, 6.07) is 12.1. The zero-order valence-corrected chi connectivity index (χ0v) is 11.3. The lowest BCUT2D eigenvalue weighted by Gasteiger charge is -2.15. The van der Waals surface area contributed by atoms with Gasteiger partial charge in [0.2, 0.25) is 0 Å². The molecule has 2 rings (SSSR count). The summed E-state index contributed by atoms with van der Waals surface area (Å²) in [4.78, 5) is 17.7. The normalized spacial score (nSPS) is 10.9. The Morgan fingerprint density at radius 1 is 1.26 bits per heavy atom. The first-order chi connectivity index (χ1) is 9.19. The van der Waals surface area contributed by atoms with Crippen molar-refractivity contribution in [2.24, 2.45) is 0 Å². The summed E-state index contributed by atoms with van der Waals surface area (Å²) in [5, 5.41) is 1.14. The van der Waals surface area contributed by atoms with Crippen LogP contribution < -0.4 is 0 Å². The van der Waals surface area contributed by atoms with Gasteiger partial charge in [0.05, 0.1) is 24.7 Å². The third kappa shape index (κ3) is 3.76. The van der Waals surface area contributed by atoms with Crippen molar-refractivity contribution >= 4 is 16.9 Å². The Hall–Kier alpha value is -1.94. The lowest BCUT2D eigenvalue weighted by molar-refractivity contribution is -0.140. The second-order valence-electron chi connectivity index (χ2n) is 4.56. The van der Waals surface area contributed by atoms with Crippen molar-refractivity contribution in [1.29, 1.82) is 0 Å². The maximum Gasteiger partial charge on any atom is 0.306 e. The minimum absolute atomic E-state index is 0.182. The molecule has 0 saturated carbocycles. The molecule has 4 heteroatoms. The zero-order chi connectivity index (χ0) is 13.7. The fourth-order valence-corrected chi connectivity index (χ4v) is 1.94. The Kier molecular flexibility index (Phi) is 4.47. The molecule has 0 aliphatic rings. The Balaban J connectivity index is 1.98. The summed E-state index contributed by atoms with van der Waals surface area (Å²) in [5.41, 5.74) is 2.01. The minimum atomic E-state index is -0.182. The van der Waals surface area contributed by atoms with E-state index in [1.165, 1.54) is 7.11 Å². The van der Waals surface area contributed by atoms with Crippen LogP contribution in [-0.4, -0.2) is 36.6 Å². The van der Waals surface area contributed by atoms with Crippen LogP contribution in [0.15, 0.2) is 36.4 Å². The number of methoxy groups -OCH3 is 1. The molecule has 1 heterocycles. The highest BCUT2D eigenvalue weighted by atomic mass is 16.5. The number of ether oxygens (including phenoxy) is 1. The van der Waals surface area contributed by atoms with Crippen molar-refractivity contribution in [2.45, 2.75) is 13.0 Å². The summed E-state index contributed by atoms with van der Waals surface area (Å²) >= 11 is 0. The molecule has 0 unspecified atom stereocenters. The molecule has 0 aliphatic carbocycles. The molecule has 0 amide bonds. The first-order valence-corrected chi connectivity index (χ1v) is 6.29. The predicted octanol–water partition coefficient (Wildman–Crippen LogP) is 2.23. The van der Waals surface area contributed by atoms with E-state index >= 15 is 0 Å². The Labute approximate surface area is 113 Å². The summed E-state index contributed by atoms with van der Waals surface area (Å²) in [6.45, 7) is 1.39. The number of benzene rings is 1. The molecule has 0 aliphatic heterocycles. The number of carbonyl (C=O) groups excluding carboxylic acids is 1. The average molecular weight is 258 g/mol. The molecule has 19 heavy (non-hydrogen) atoms. The number of carbonyl (C=O) groups is 1. The van der Waals surface area contributed by atoms with Crippen LogP contribution in [0.2, 0.25) is 0 Å². The molecule has 100 valence electrons. The van der Waals surface area contributed by atoms with Crippen LogP contribution in [0.1, 0.15) is 12.1 Å². The van der Waals surface area contributed by atoms with Crippen molar-refractivity contribution in [3.63, 3.8) is 0 Å². The SMILES string of the molecule is COC(=O)CCN(C)Cc1ccc2ccccc2n1. The van der Waals surface area contributed by atoms with Gasteiger partial charge in [0.15, 0.2) is 0 Å². The van der Waals surface area contributed by atoms with E-state index < -0.39 is 0 Å². The summed E-state index contributed by atoms with van der Waals surface area (Å²) in [7, 11) is 3.38. The molecule has 1 aromatic heterocycles. The monoisotopic (exact) mass is 258 g/mol. The first kappa shape index (κ1) is 13.5. The molecule has 0 saturated heterocycles. The predicted molar refractivity (Wildman–Crippen MR) is 74.7 cm³/mol. The number of hydrogen-bond acceptors (Lipinski definition) is 4. The first-order valence-electron chi connectivity index (χ1n) is 6.29. The van der Waals surface area contributed by atoms with E-state index in [2.05, 4.69) is 20.7 Å². The average Bonchev–Trinajstić information content (AvgIpc) is 2.44. The van der Waals surface area contributed by atoms with Crippen molar-refractivity contribution in [3.8, 4) is 0 Å². The van der Waals surface area contributed by atoms with E-state index in [1.807, 2.05) is 37.4 Å². The highest BCUT2D eigenvalue weighted by molar-refractivity contribution is 5.78. The van der Waals surface area contributed by atoms with Gasteiger partial charge in [-0.1, -0.05) is 24.3 Å². The van der Waals surface area contributed by atoms with Crippen LogP contribution in [-0.2, 0) is 16.1 Å². The van der Waals surface area contributed by atoms with Gasteiger partial charge < -0.3 is 4.74 Å². The van der Waals surface area contributed by atoms with Gasteiger partial charge in [-0.25, -0.2) is 0 Å². The van der Waals surface area contributed by atoms with Crippen molar-refractivity contribution in [1.82, 2.24) is 9.88 Å². The molecular formula is C15H18N2O2. The smallest absolute Gasteiger partial charge is 0.306 e. The fourth-order valence-electron chi connectivity index (χ4n) is 1.94. The second kappa shape index (κ2) is 6.29. The van der Waals surface area contributed by atoms with E-state index in [4.69, 9.17) is 0 Å². The Bertz CT molecular complexity index is 569. The molecular weight excluding hydrogens is 240 g/mol. The lowest BCUT2D eigenvalue weighted by Crippen LogP contribution is -2.22.